The van der Waals surface area contributed by atoms with Crippen LogP contribution in [0.2, 0.25) is 5.15 Å². The first-order chi connectivity index (χ1) is 8.16. The van der Waals surface area contributed by atoms with E-state index in [1.54, 1.807) is 0 Å². The average molecular weight is 249 g/mol. The number of nitrogens with two attached hydrogens (primary N) is 1. The SMILES string of the molecule is NC(=O)c1nnc(Cl)cc1Nc1ccccc1. The first kappa shape index (κ1) is 11.3. The van der Waals surface area contributed by atoms with Gasteiger partial charge in [-0.2, -0.15) is 0 Å². The van der Waals surface area contributed by atoms with Crippen molar-refractivity contribution in [3.05, 3.63) is 47.2 Å². The van der Waals surface area contributed by atoms with Crippen molar-refractivity contribution in [3.63, 3.8) is 0 Å². The molecule has 0 aliphatic rings. The number of para-hydroxylation sites is 1. The van der Waals surface area contributed by atoms with Crippen molar-refractivity contribution in [1.82, 2.24) is 10.2 Å². The van der Waals surface area contributed by atoms with Crippen molar-refractivity contribution < 1.29 is 4.79 Å². The zero-order chi connectivity index (χ0) is 12.3. The van der Waals surface area contributed by atoms with E-state index < -0.39 is 5.91 Å². The molecule has 1 heterocycles. The number of anilines is 2. The molecule has 3 N–H and O–H groups in total. The Morgan fingerprint density at radius 3 is 2.59 bits per heavy atom. The van der Waals surface area contributed by atoms with Crippen molar-refractivity contribution in [1.29, 1.82) is 0 Å². The van der Waals surface area contributed by atoms with Crippen molar-refractivity contribution in [2.24, 2.45) is 5.73 Å². The average Bonchev–Trinajstić information content (AvgIpc) is 2.30. The first-order valence-electron chi connectivity index (χ1n) is 4.82. The van der Waals surface area contributed by atoms with Crippen LogP contribution in [0.4, 0.5) is 11.4 Å². The maximum Gasteiger partial charge on any atom is 0.271 e. The molecular formula is C11H9ClN4O. The van der Waals surface area contributed by atoms with E-state index in [0.29, 0.717) is 5.69 Å². The molecule has 2 aromatic rings. The van der Waals surface area contributed by atoms with Gasteiger partial charge in [-0.1, -0.05) is 29.8 Å². The summed E-state index contributed by atoms with van der Waals surface area (Å²) in [4.78, 5) is 11.2. The van der Waals surface area contributed by atoms with Crippen LogP contribution in [0.15, 0.2) is 36.4 Å². The predicted octanol–water partition coefficient (Wildman–Crippen LogP) is 1.97. The molecule has 6 heteroatoms. The Hall–Kier alpha value is -2.14. The van der Waals surface area contributed by atoms with Gasteiger partial charge in [-0.15, -0.1) is 10.2 Å². The van der Waals surface area contributed by atoms with Crippen LogP contribution in [0.3, 0.4) is 0 Å². The number of nitrogens with zero attached hydrogens (tertiary/aromatic N) is 2. The zero-order valence-electron chi connectivity index (χ0n) is 8.72. The lowest BCUT2D eigenvalue weighted by atomic mass is 10.2. The highest BCUT2D eigenvalue weighted by atomic mass is 35.5. The molecule has 0 bridgehead atoms. The molecule has 0 saturated heterocycles. The van der Waals surface area contributed by atoms with E-state index in [1.807, 2.05) is 30.3 Å². The van der Waals surface area contributed by atoms with Crippen LogP contribution in [-0.2, 0) is 0 Å². The smallest absolute Gasteiger partial charge is 0.271 e. The maximum absolute atomic E-state index is 11.2. The molecule has 0 radical (unpaired) electrons. The summed E-state index contributed by atoms with van der Waals surface area (Å²) in [6.45, 7) is 0. The third-order valence-corrected chi connectivity index (χ3v) is 2.23. The summed E-state index contributed by atoms with van der Waals surface area (Å²) in [6.07, 6.45) is 0. The van der Waals surface area contributed by atoms with E-state index in [0.717, 1.165) is 5.69 Å². The molecule has 2 rings (SSSR count). The van der Waals surface area contributed by atoms with Crippen LogP contribution in [0.1, 0.15) is 10.5 Å². The molecule has 1 amide bonds. The quantitative estimate of drug-likeness (QED) is 0.870. The first-order valence-corrected chi connectivity index (χ1v) is 5.19. The third-order valence-electron chi connectivity index (χ3n) is 2.05. The molecular weight excluding hydrogens is 240 g/mol. The standard InChI is InChI=1S/C11H9ClN4O/c12-9-6-8(10(11(13)17)16-15-9)14-7-4-2-1-3-5-7/h1-6H,(H2,13,17)(H,14,15). The largest absolute Gasteiger partial charge is 0.364 e. The molecule has 0 fully saturated rings. The second kappa shape index (κ2) is 4.80. The number of amides is 1. The Bertz CT molecular complexity index is 544. The van der Waals surface area contributed by atoms with Crippen molar-refractivity contribution in [2.45, 2.75) is 0 Å². The van der Waals surface area contributed by atoms with Crippen LogP contribution in [0, 0.1) is 0 Å². The molecule has 0 aliphatic heterocycles. The lowest BCUT2D eigenvalue weighted by molar-refractivity contribution is 0.0995. The van der Waals surface area contributed by atoms with Gasteiger partial charge in [-0.05, 0) is 12.1 Å². The summed E-state index contributed by atoms with van der Waals surface area (Å²) in [5.41, 5.74) is 6.49. The number of primary amides is 1. The molecule has 0 aliphatic carbocycles. The third kappa shape index (κ3) is 2.70. The van der Waals surface area contributed by atoms with E-state index in [2.05, 4.69) is 15.5 Å². The normalized spacial score (nSPS) is 9.94. The molecule has 17 heavy (non-hydrogen) atoms. The zero-order valence-corrected chi connectivity index (χ0v) is 9.48. The maximum atomic E-state index is 11.2. The Labute approximate surface area is 103 Å². The van der Waals surface area contributed by atoms with Gasteiger partial charge in [-0.25, -0.2) is 0 Å². The van der Waals surface area contributed by atoms with Gasteiger partial charge in [0, 0.05) is 11.8 Å². The number of carbonyl (C=O) groups excluding carboxylic acids is 1. The Morgan fingerprint density at radius 1 is 1.24 bits per heavy atom. The monoisotopic (exact) mass is 248 g/mol. The van der Waals surface area contributed by atoms with Crippen LogP contribution < -0.4 is 11.1 Å². The molecule has 1 aromatic carbocycles. The topological polar surface area (TPSA) is 80.9 Å². The lowest BCUT2D eigenvalue weighted by Gasteiger charge is -2.08. The van der Waals surface area contributed by atoms with Gasteiger partial charge in [0.25, 0.3) is 5.91 Å². The highest BCUT2D eigenvalue weighted by molar-refractivity contribution is 6.29. The minimum atomic E-state index is -0.660. The van der Waals surface area contributed by atoms with E-state index in [9.17, 15) is 4.79 Å². The fourth-order valence-corrected chi connectivity index (χ4v) is 1.47. The second-order valence-electron chi connectivity index (χ2n) is 3.28. The minimum absolute atomic E-state index is 0.0539. The van der Waals surface area contributed by atoms with E-state index >= 15 is 0 Å². The number of rotatable bonds is 3. The van der Waals surface area contributed by atoms with Crippen LogP contribution in [0.25, 0.3) is 0 Å². The predicted molar refractivity (Wildman–Crippen MR) is 65.3 cm³/mol. The van der Waals surface area contributed by atoms with Gasteiger partial charge < -0.3 is 11.1 Å². The Kier molecular flexibility index (Phi) is 3.20. The van der Waals surface area contributed by atoms with Crippen molar-refractivity contribution >= 4 is 28.9 Å². The van der Waals surface area contributed by atoms with Crippen molar-refractivity contribution in [2.75, 3.05) is 5.32 Å². The Morgan fingerprint density at radius 2 is 1.94 bits per heavy atom. The second-order valence-corrected chi connectivity index (χ2v) is 3.67. The van der Waals surface area contributed by atoms with Gasteiger partial charge in [0.1, 0.15) is 0 Å². The van der Waals surface area contributed by atoms with Gasteiger partial charge in [0.2, 0.25) is 0 Å². The van der Waals surface area contributed by atoms with Gasteiger partial charge in [0.15, 0.2) is 10.8 Å². The Balaban J connectivity index is 2.37. The van der Waals surface area contributed by atoms with E-state index in [-0.39, 0.29) is 10.8 Å². The van der Waals surface area contributed by atoms with E-state index in [1.165, 1.54) is 6.07 Å². The van der Waals surface area contributed by atoms with Crippen LogP contribution >= 0.6 is 11.6 Å². The molecule has 0 saturated carbocycles. The summed E-state index contributed by atoms with van der Waals surface area (Å²) < 4.78 is 0. The number of carbonyl (C=O) groups is 1. The van der Waals surface area contributed by atoms with Crippen LogP contribution in [0.5, 0.6) is 0 Å². The number of hydrogen-bond donors (Lipinski definition) is 2. The summed E-state index contributed by atoms with van der Waals surface area (Å²) in [5, 5.41) is 10.4. The summed E-state index contributed by atoms with van der Waals surface area (Å²) in [7, 11) is 0. The van der Waals surface area contributed by atoms with Gasteiger partial charge in [-0.3, -0.25) is 4.79 Å². The molecule has 86 valence electrons. The van der Waals surface area contributed by atoms with E-state index in [4.69, 9.17) is 17.3 Å². The van der Waals surface area contributed by atoms with Crippen molar-refractivity contribution in [3.8, 4) is 0 Å². The number of benzene rings is 1. The summed E-state index contributed by atoms with van der Waals surface area (Å²) in [5.74, 6) is -0.660. The molecule has 5 nitrogen and oxygen atoms in total. The van der Waals surface area contributed by atoms with Gasteiger partial charge in [0.05, 0.1) is 5.69 Å². The fraction of sp³-hybridized carbons (Fsp3) is 0. The fourth-order valence-electron chi connectivity index (χ4n) is 1.32. The molecule has 0 atom stereocenters. The van der Waals surface area contributed by atoms with Crippen LogP contribution in [-0.4, -0.2) is 16.1 Å². The summed E-state index contributed by atoms with van der Waals surface area (Å²) >= 11 is 5.72. The summed E-state index contributed by atoms with van der Waals surface area (Å²) in [6, 6.07) is 10.8. The number of aromatic nitrogens is 2. The number of halogens is 1. The number of nitrogens with one attached hydrogen (secondary N) is 1. The highest BCUT2D eigenvalue weighted by Crippen LogP contribution is 2.20. The minimum Gasteiger partial charge on any atom is -0.364 e. The lowest BCUT2D eigenvalue weighted by Crippen LogP contribution is -2.16. The molecule has 1 aromatic heterocycles. The van der Waals surface area contributed by atoms with Gasteiger partial charge >= 0.3 is 0 Å². The number of hydrogen-bond acceptors (Lipinski definition) is 4. The molecule has 0 spiro atoms. The molecule has 0 unspecified atom stereocenters. The highest BCUT2D eigenvalue weighted by Gasteiger charge is 2.11.